The van der Waals surface area contributed by atoms with Gasteiger partial charge in [-0.15, -0.1) is 0 Å². The minimum Gasteiger partial charge on any atom is -0.445 e. The average molecular weight is 422 g/mol. The Balaban J connectivity index is 2.09. The Morgan fingerprint density at radius 2 is 1.58 bits per heavy atom. The lowest BCUT2D eigenvalue weighted by molar-refractivity contribution is -0.129. The highest BCUT2D eigenvalue weighted by Crippen LogP contribution is 2.10. The fraction of sp³-hybridized carbons (Fsp3) is 0.304. The molecule has 2 rings (SSSR count). The number of rotatable bonds is 10. The van der Waals surface area contributed by atoms with Crippen LogP contribution in [0.4, 0.5) is 4.79 Å². The Bertz CT molecular complexity index is 912. The lowest BCUT2D eigenvalue weighted by atomic mass is 9.97. The summed E-state index contributed by atoms with van der Waals surface area (Å²) >= 11 is 0. The average Bonchev–Trinajstić information content (AvgIpc) is 2.76. The topological polar surface area (TPSA) is 134 Å². The molecule has 0 bridgehead atoms. The van der Waals surface area contributed by atoms with Gasteiger partial charge in [-0.25, -0.2) is 4.79 Å². The van der Waals surface area contributed by atoms with Crippen LogP contribution in [0.2, 0.25) is 0 Å². The molecule has 0 heterocycles. The molecule has 2 aromatic carbocycles. The van der Waals surface area contributed by atoms with Gasteiger partial charge in [-0.3, -0.25) is 9.59 Å². The van der Waals surface area contributed by atoms with E-state index in [1.807, 2.05) is 66.7 Å². The number of primary amides is 1. The van der Waals surface area contributed by atoms with E-state index in [1.165, 1.54) is 0 Å². The minimum atomic E-state index is -1.03. The molecule has 3 amide bonds. The summed E-state index contributed by atoms with van der Waals surface area (Å²) in [6.45, 7) is 1.70. The van der Waals surface area contributed by atoms with Gasteiger partial charge in [0.25, 0.3) is 0 Å². The molecule has 3 atom stereocenters. The largest absolute Gasteiger partial charge is 0.445 e. The first-order valence-corrected chi connectivity index (χ1v) is 9.88. The quantitative estimate of drug-likeness (QED) is 0.539. The highest BCUT2D eigenvalue weighted by atomic mass is 16.5. The van der Waals surface area contributed by atoms with Crippen LogP contribution in [0, 0.1) is 17.2 Å². The van der Waals surface area contributed by atoms with Crippen LogP contribution in [0.25, 0.3) is 0 Å². The molecular formula is C23H26N4O4. The fourth-order valence-electron chi connectivity index (χ4n) is 2.98. The van der Waals surface area contributed by atoms with Gasteiger partial charge in [0.1, 0.15) is 18.7 Å². The molecule has 0 aliphatic rings. The number of alkyl carbamates (subject to hydrolysis) is 1. The zero-order valence-corrected chi connectivity index (χ0v) is 17.3. The maximum atomic E-state index is 12.9. The molecule has 0 saturated heterocycles. The van der Waals surface area contributed by atoms with Crippen molar-refractivity contribution in [2.24, 2.45) is 11.7 Å². The molecule has 4 N–H and O–H groups in total. The predicted octanol–water partition coefficient (Wildman–Crippen LogP) is 2.04. The van der Waals surface area contributed by atoms with Gasteiger partial charge in [0.2, 0.25) is 11.8 Å². The van der Waals surface area contributed by atoms with Crippen LogP contribution in [-0.4, -0.2) is 30.0 Å². The summed E-state index contributed by atoms with van der Waals surface area (Å²) in [5.74, 6) is -1.82. The monoisotopic (exact) mass is 422 g/mol. The Morgan fingerprint density at radius 1 is 1.00 bits per heavy atom. The lowest BCUT2D eigenvalue weighted by Crippen LogP contribution is -2.55. The third-order valence-corrected chi connectivity index (χ3v) is 4.69. The summed E-state index contributed by atoms with van der Waals surface area (Å²) < 4.78 is 5.22. The highest BCUT2D eigenvalue weighted by molar-refractivity contribution is 5.91. The number of nitrogens with zero attached hydrogens (tertiary/aromatic N) is 1. The molecule has 0 fully saturated rings. The zero-order valence-electron chi connectivity index (χ0n) is 17.3. The Labute approximate surface area is 181 Å². The van der Waals surface area contributed by atoms with E-state index in [0.717, 1.165) is 11.1 Å². The number of amides is 3. The Morgan fingerprint density at radius 3 is 2.13 bits per heavy atom. The van der Waals surface area contributed by atoms with Crippen LogP contribution in [0.5, 0.6) is 0 Å². The van der Waals surface area contributed by atoms with E-state index in [1.54, 1.807) is 6.92 Å². The normalized spacial score (nSPS) is 13.2. The van der Waals surface area contributed by atoms with E-state index in [4.69, 9.17) is 15.7 Å². The zero-order chi connectivity index (χ0) is 22.6. The molecule has 8 heteroatoms. The third kappa shape index (κ3) is 7.82. The van der Waals surface area contributed by atoms with Crippen molar-refractivity contribution in [1.29, 1.82) is 5.26 Å². The van der Waals surface area contributed by atoms with E-state index >= 15 is 0 Å². The van der Waals surface area contributed by atoms with E-state index in [9.17, 15) is 14.4 Å². The molecule has 0 spiro atoms. The molecule has 8 nitrogen and oxygen atoms in total. The number of nitrogens with two attached hydrogens (primary N) is 1. The summed E-state index contributed by atoms with van der Waals surface area (Å²) in [5.41, 5.74) is 7.03. The van der Waals surface area contributed by atoms with Gasteiger partial charge in [0.05, 0.1) is 6.07 Å². The summed E-state index contributed by atoms with van der Waals surface area (Å²) in [6.07, 6.45) is -0.532. The van der Waals surface area contributed by atoms with Crippen LogP contribution < -0.4 is 16.4 Å². The second-order valence-corrected chi connectivity index (χ2v) is 7.18. The number of hydrogen-bond donors (Lipinski definition) is 3. The second kappa shape index (κ2) is 12.0. The van der Waals surface area contributed by atoms with Crippen LogP contribution in [0.1, 0.15) is 24.5 Å². The van der Waals surface area contributed by atoms with Crippen LogP contribution in [0.3, 0.4) is 0 Å². The standard InChI is InChI=1S/C23H26N4O4/c1-16(12-13-24)20(21(25)28)27-22(29)19(14-17-8-4-2-5-9-17)26-23(30)31-15-18-10-6-3-7-11-18/h2-11,16,19-20H,12,14-15H2,1H3,(H2,25,28)(H,26,30)(H,27,29)/t16-,19-,20-/m1/s1. The number of nitrogens with one attached hydrogen (secondary N) is 2. The van der Waals surface area contributed by atoms with E-state index in [-0.39, 0.29) is 19.4 Å². The molecule has 162 valence electrons. The number of hydrogen-bond acceptors (Lipinski definition) is 5. The van der Waals surface area contributed by atoms with Gasteiger partial charge in [-0.05, 0) is 17.0 Å². The van der Waals surface area contributed by atoms with E-state index in [0.29, 0.717) is 0 Å². The molecular weight excluding hydrogens is 396 g/mol. The molecule has 0 aliphatic carbocycles. The smallest absolute Gasteiger partial charge is 0.408 e. The first-order chi connectivity index (χ1) is 14.9. The Hall–Kier alpha value is -3.86. The summed E-state index contributed by atoms with van der Waals surface area (Å²) in [4.78, 5) is 37.0. The molecule has 0 saturated carbocycles. The van der Waals surface area contributed by atoms with Gasteiger partial charge in [-0.1, -0.05) is 67.6 Å². The van der Waals surface area contributed by atoms with Gasteiger partial charge in [0, 0.05) is 12.8 Å². The van der Waals surface area contributed by atoms with E-state index < -0.39 is 35.9 Å². The van der Waals surface area contributed by atoms with Gasteiger partial charge in [0.15, 0.2) is 0 Å². The van der Waals surface area contributed by atoms with Crippen molar-refractivity contribution in [3.63, 3.8) is 0 Å². The van der Waals surface area contributed by atoms with E-state index in [2.05, 4.69) is 10.6 Å². The molecule has 0 unspecified atom stereocenters. The summed E-state index contributed by atoms with van der Waals surface area (Å²) in [5, 5.41) is 14.0. The highest BCUT2D eigenvalue weighted by Gasteiger charge is 2.29. The predicted molar refractivity (Wildman–Crippen MR) is 114 cm³/mol. The van der Waals surface area contributed by atoms with Crippen molar-refractivity contribution >= 4 is 17.9 Å². The minimum absolute atomic E-state index is 0.0454. The molecule has 31 heavy (non-hydrogen) atoms. The van der Waals surface area contributed by atoms with Crippen LogP contribution in [0.15, 0.2) is 60.7 Å². The Kier molecular flexibility index (Phi) is 9.05. The molecule has 0 radical (unpaired) electrons. The van der Waals surface area contributed by atoms with Crippen LogP contribution >= 0.6 is 0 Å². The summed E-state index contributed by atoms with van der Waals surface area (Å²) in [6, 6.07) is 18.2. The number of carbonyl (C=O) groups excluding carboxylic acids is 3. The van der Waals surface area contributed by atoms with Crippen molar-refractivity contribution in [3.8, 4) is 6.07 Å². The maximum Gasteiger partial charge on any atom is 0.408 e. The number of benzene rings is 2. The second-order valence-electron chi connectivity index (χ2n) is 7.18. The van der Waals surface area contributed by atoms with Crippen molar-refractivity contribution in [2.75, 3.05) is 0 Å². The molecule has 0 aliphatic heterocycles. The molecule has 2 aromatic rings. The maximum absolute atomic E-state index is 12.9. The third-order valence-electron chi connectivity index (χ3n) is 4.69. The van der Waals surface area contributed by atoms with Gasteiger partial charge < -0.3 is 21.1 Å². The summed E-state index contributed by atoms with van der Waals surface area (Å²) in [7, 11) is 0. The number of carbonyl (C=O) groups is 3. The SMILES string of the molecule is C[C@H](CC#N)[C@@H](NC(=O)[C@@H](Cc1ccccc1)NC(=O)OCc1ccccc1)C(N)=O. The van der Waals surface area contributed by atoms with Crippen molar-refractivity contribution in [2.45, 2.75) is 38.5 Å². The van der Waals surface area contributed by atoms with Crippen LogP contribution in [-0.2, 0) is 27.4 Å². The van der Waals surface area contributed by atoms with Crippen molar-refractivity contribution < 1.29 is 19.1 Å². The number of nitriles is 1. The van der Waals surface area contributed by atoms with Gasteiger partial charge in [-0.2, -0.15) is 5.26 Å². The fourth-order valence-corrected chi connectivity index (χ4v) is 2.98. The van der Waals surface area contributed by atoms with Gasteiger partial charge >= 0.3 is 6.09 Å². The first-order valence-electron chi connectivity index (χ1n) is 9.88. The van der Waals surface area contributed by atoms with Crippen molar-refractivity contribution in [1.82, 2.24) is 10.6 Å². The first kappa shape index (κ1) is 23.4. The number of ether oxygens (including phenoxy) is 1. The lowest BCUT2D eigenvalue weighted by Gasteiger charge is -2.24. The van der Waals surface area contributed by atoms with Crippen molar-refractivity contribution in [3.05, 3.63) is 71.8 Å². The molecule has 0 aromatic heterocycles.